The van der Waals surface area contributed by atoms with Crippen LogP contribution in [0.1, 0.15) is 41.9 Å². The zero-order valence-electron chi connectivity index (χ0n) is 15.5. The lowest BCUT2D eigenvalue weighted by atomic mass is 9.97. The molecule has 1 fully saturated rings. The summed E-state index contributed by atoms with van der Waals surface area (Å²) in [5.74, 6) is 1.45. The predicted molar refractivity (Wildman–Crippen MR) is 104 cm³/mol. The average Bonchev–Trinajstić information content (AvgIpc) is 2.95. The zero-order valence-corrected chi connectivity index (χ0v) is 15.5. The summed E-state index contributed by atoms with van der Waals surface area (Å²) in [7, 11) is 0. The zero-order chi connectivity index (χ0) is 18.6. The Labute approximate surface area is 160 Å². The fourth-order valence-corrected chi connectivity index (χ4v) is 4.25. The number of aryl methyl sites for hydroxylation is 1. The van der Waals surface area contributed by atoms with Gasteiger partial charge in [0.25, 0.3) is 0 Å². The lowest BCUT2D eigenvalue weighted by molar-refractivity contribution is -0.131. The second kappa shape index (κ2) is 7.79. The molecule has 0 N–H and O–H groups in total. The maximum absolute atomic E-state index is 12.9. The first-order valence-corrected chi connectivity index (χ1v) is 9.71. The van der Waals surface area contributed by atoms with Crippen LogP contribution in [0.4, 0.5) is 5.82 Å². The Hall–Kier alpha value is -2.87. The molecule has 1 aromatic heterocycles. The molecule has 0 radical (unpaired) electrons. The van der Waals surface area contributed by atoms with E-state index in [1.54, 1.807) is 12.3 Å². The summed E-state index contributed by atoms with van der Waals surface area (Å²) in [4.78, 5) is 21.5. The van der Waals surface area contributed by atoms with Crippen LogP contribution in [-0.2, 0) is 11.2 Å². The number of nitrogens with zero attached hydrogens (tertiary/aromatic N) is 4. The Morgan fingerprint density at radius 2 is 2.07 bits per heavy atom. The van der Waals surface area contributed by atoms with Crippen molar-refractivity contribution in [3.05, 3.63) is 59.3 Å². The summed E-state index contributed by atoms with van der Waals surface area (Å²) in [6.07, 6.45) is 5.38. The molecule has 0 bridgehead atoms. The number of nitriles is 1. The molecule has 2 aliphatic rings. The van der Waals surface area contributed by atoms with Gasteiger partial charge in [0, 0.05) is 38.8 Å². The van der Waals surface area contributed by atoms with Gasteiger partial charge in [-0.2, -0.15) is 5.26 Å². The molecule has 1 atom stereocenters. The number of fused-ring (bicyclic) bond motifs is 1. The first-order chi connectivity index (χ1) is 13.2. The fraction of sp³-hybridized carbons (Fsp3) is 0.409. The van der Waals surface area contributed by atoms with E-state index in [9.17, 15) is 4.79 Å². The van der Waals surface area contributed by atoms with E-state index in [2.05, 4.69) is 40.2 Å². The van der Waals surface area contributed by atoms with E-state index in [1.807, 2.05) is 11.0 Å². The topological polar surface area (TPSA) is 60.2 Å². The van der Waals surface area contributed by atoms with Crippen LogP contribution in [0, 0.1) is 11.3 Å². The first-order valence-electron chi connectivity index (χ1n) is 9.71. The van der Waals surface area contributed by atoms with Crippen molar-refractivity contribution in [2.75, 3.05) is 31.1 Å². The molecule has 2 aromatic rings. The second-order valence-corrected chi connectivity index (χ2v) is 7.37. The standard InChI is InChI=1S/C22H24N4O/c23-16-17-8-9-24-21(14-17)25-10-3-11-26(13-12-25)22(27)15-19-7-6-18-4-1-2-5-20(18)19/h1-2,4-5,8-9,14,19H,3,6-7,10-13,15H2. The quantitative estimate of drug-likeness (QED) is 0.844. The van der Waals surface area contributed by atoms with Gasteiger partial charge in [0.2, 0.25) is 5.91 Å². The van der Waals surface area contributed by atoms with Gasteiger partial charge in [-0.1, -0.05) is 24.3 Å². The number of hydrogen-bond donors (Lipinski definition) is 0. The van der Waals surface area contributed by atoms with Crippen LogP contribution in [0.15, 0.2) is 42.6 Å². The highest BCUT2D eigenvalue weighted by Crippen LogP contribution is 2.35. The minimum atomic E-state index is 0.261. The fourth-order valence-electron chi connectivity index (χ4n) is 4.25. The van der Waals surface area contributed by atoms with E-state index < -0.39 is 0 Å². The third-order valence-electron chi connectivity index (χ3n) is 5.73. The molecular weight excluding hydrogens is 336 g/mol. The van der Waals surface area contributed by atoms with E-state index in [-0.39, 0.29) is 5.91 Å². The van der Waals surface area contributed by atoms with Crippen molar-refractivity contribution in [2.24, 2.45) is 0 Å². The molecule has 0 spiro atoms. The van der Waals surface area contributed by atoms with Crippen molar-refractivity contribution in [2.45, 2.75) is 31.6 Å². The largest absolute Gasteiger partial charge is 0.355 e. The number of pyridine rings is 1. The summed E-state index contributed by atoms with van der Waals surface area (Å²) < 4.78 is 0. The van der Waals surface area contributed by atoms with E-state index in [4.69, 9.17) is 5.26 Å². The highest BCUT2D eigenvalue weighted by atomic mass is 16.2. The van der Waals surface area contributed by atoms with Gasteiger partial charge in [-0.25, -0.2) is 4.98 Å². The molecule has 1 saturated heterocycles. The van der Waals surface area contributed by atoms with Crippen LogP contribution >= 0.6 is 0 Å². The summed E-state index contributed by atoms with van der Waals surface area (Å²) in [6, 6.07) is 14.2. The maximum atomic E-state index is 12.9. The first kappa shape index (κ1) is 17.5. The second-order valence-electron chi connectivity index (χ2n) is 7.37. The van der Waals surface area contributed by atoms with Crippen molar-refractivity contribution in [1.29, 1.82) is 5.26 Å². The SMILES string of the molecule is N#Cc1ccnc(N2CCCN(C(=O)CC3CCc4ccccc43)CC2)c1. The minimum absolute atomic E-state index is 0.261. The molecule has 1 aliphatic heterocycles. The molecule has 4 rings (SSSR count). The molecule has 27 heavy (non-hydrogen) atoms. The minimum Gasteiger partial charge on any atom is -0.355 e. The van der Waals surface area contributed by atoms with E-state index in [1.165, 1.54) is 11.1 Å². The number of aromatic nitrogens is 1. The van der Waals surface area contributed by atoms with Gasteiger partial charge in [-0.3, -0.25) is 4.79 Å². The van der Waals surface area contributed by atoms with Crippen LogP contribution in [0.3, 0.4) is 0 Å². The van der Waals surface area contributed by atoms with Gasteiger partial charge >= 0.3 is 0 Å². The van der Waals surface area contributed by atoms with E-state index in [0.29, 0.717) is 24.4 Å². The molecule has 1 amide bonds. The molecule has 5 nitrogen and oxygen atoms in total. The van der Waals surface area contributed by atoms with Crippen molar-refractivity contribution in [3.8, 4) is 6.07 Å². The molecule has 138 valence electrons. The third kappa shape index (κ3) is 3.80. The Morgan fingerprint density at radius 1 is 1.19 bits per heavy atom. The molecular formula is C22H24N4O. The van der Waals surface area contributed by atoms with Gasteiger partial charge in [-0.05, 0) is 48.4 Å². The van der Waals surface area contributed by atoms with Crippen LogP contribution in [0.25, 0.3) is 0 Å². The summed E-state index contributed by atoms with van der Waals surface area (Å²) >= 11 is 0. The number of carbonyl (C=O) groups excluding carboxylic acids is 1. The number of benzene rings is 1. The summed E-state index contributed by atoms with van der Waals surface area (Å²) in [5.41, 5.74) is 3.39. The molecule has 1 aromatic carbocycles. The van der Waals surface area contributed by atoms with Crippen LogP contribution in [0.5, 0.6) is 0 Å². The van der Waals surface area contributed by atoms with Crippen molar-refractivity contribution < 1.29 is 4.79 Å². The Bertz CT molecular complexity index is 873. The Kier molecular flexibility index (Phi) is 5.06. The number of rotatable bonds is 3. The molecule has 1 aliphatic carbocycles. The lowest BCUT2D eigenvalue weighted by Crippen LogP contribution is -2.36. The number of hydrogen-bond acceptors (Lipinski definition) is 4. The normalized spacial score (nSPS) is 19.3. The molecule has 2 heterocycles. The maximum Gasteiger partial charge on any atom is 0.223 e. The van der Waals surface area contributed by atoms with Crippen molar-refractivity contribution >= 4 is 11.7 Å². The van der Waals surface area contributed by atoms with E-state index >= 15 is 0 Å². The number of amides is 1. The lowest BCUT2D eigenvalue weighted by Gasteiger charge is -2.24. The predicted octanol–water partition coefficient (Wildman–Crippen LogP) is 3.11. The average molecular weight is 360 g/mol. The molecule has 0 saturated carbocycles. The van der Waals surface area contributed by atoms with Crippen LogP contribution in [0.2, 0.25) is 0 Å². The number of anilines is 1. The third-order valence-corrected chi connectivity index (χ3v) is 5.73. The highest BCUT2D eigenvalue weighted by molar-refractivity contribution is 5.77. The van der Waals surface area contributed by atoms with Crippen molar-refractivity contribution in [1.82, 2.24) is 9.88 Å². The highest BCUT2D eigenvalue weighted by Gasteiger charge is 2.27. The van der Waals surface area contributed by atoms with Gasteiger partial charge in [0.15, 0.2) is 0 Å². The molecule has 5 heteroatoms. The van der Waals surface area contributed by atoms with Gasteiger partial charge in [0.1, 0.15) is 5.82 Å². The van der Waals surface area contributed by atoms with Crippen LogP contribution < -0.4 is 4.90 Å². The monoisotopic (exact) mass is 360 g/mol. The van der Waals surface area contributed by atoms with Gasteiger partial charge in [0.05, 0.1) is 11.6 Å². The van der Waals surface area contributed by atoms with Gasteiger partial charge in [-0.15, -0.1) is 0 Å². The Morgan fingerprint density at radius 3 is 2.96 bits per heavy atom. The summed E-state index contributed by atoms with van der Waals surface area (Å²) in [5, 5.41) is 9.09. The Balaban J connectivity index is 1.38. The molecule has 1 unspecified atom stereocenters. The summed E-state index contributed by atoms with van der Waals surface area (Å²) in [6.45, 7) is 3.13. The van der Waals surface area contributed by atoms with E-state index in [0.717, 1.165) is 44.7 Å². The van der Waals surface area contributed by atoms with Crippen molar-refractivity contribution in [3.63, 3.8) is 0 Å². The smallest absolute Gasteiger partial charge is 0.223 e. The van der Waals surface area contributed by atoms with Gasteiger partial charge < -0.3 is 9.80 Å². The van der Waals surface area contributed by atoms with Crippen LogP contribution in [-0.4, -0.2) is 42.0 Å². The number of carbonyl (C=O) groups is 1.